The first-order valence-electron chi connectivity index (χ1n) is 9.35. The summed E-state index contributed by atoms with van der Waals surface area (Å²) in [4.78, 5) is 28.6. The van der Waals surface area contributed by atoms with Crippen LogP contribution in [0.25, 0.3) is 0 Å². The van der Waals surface area contributed by atoms with Crippen LogP contribution in [0.4, 0.5) is 0 Å². The first-order chi connectivity index (χ1) is 12.5. The van der Waals surface area contributed by atoms with Crippen molar-refractivity contribution in [3.63, 3.8) is 0 Å². The van der Waals surface area contributed by atoms with E-state index < -0.39 is 0 Å². The zero-order valence-corrected chi connectivity index (χ0v) is 15.4. The molecule has 2 fully saturated rings. The molecule has 1 N–H and O–H groups in total. The first-order valence-corrected chi connectivity index (χ1v) is 9.35. The number of carbonyl (C=O) groups excluding carboxylic acids is 2. The Balaban J connectivity index is 1.65. The van der Waals surface area contributed by atoms with Crippen molar-refractivity contribution in [2.45, 2.75) is 32.1 Å². The average molecular weight is 360 g/mol. The second kappa shape index (κ2) is 8.08. The van der Waals surface area contributed by atoms with E-state index in [2.05, 4.69) is 0 Å². The molecule has 3 rings (SSSR count). The van der Waals surface area contributed by atoms with Crippen molar-refractivity contribution < 1.29 is 19.4 Å². The number of aliphatic hydroxyl groups is 1. The van der Waals surface area contributed by atoms with Gasteiger partial charge in [0.25, 0.3) is 0 Å². The van der Waals surface area contributed by atoms with Gasteiger partial charge in [0.05, 0.1) is 20.1 Å². The molecule has 6 nitrogen and oxygen atoms in total. The van der Waals surface area contributed by atoms with Gasteiger partial charge in [0, 0.05) is 38.0 Å². The number of likely N-dealkylation sites (tertiary alicyclic amines) is 2. The minimum Gasteiger partial charge on any atom is -0.497 e. The fraction of sp³-hybridized carbons (Fsp3) is 0.600. The van der Waals surface area contributed by atoms with E-state index >= 15 is 0 Å². The number of hydrogen-bond acceptors (Lipinski definition) is 4. The van der Waals surface area contributed by atoms with E-state index in [1.165, 1.54) is 0 Å². The maximum Gasteiger partial charge on any atom is 0.227 e. The summed E-state index contributed by atoms with van der Waals surface area (Å²) in [5.41, 5.74) is 0.931. The minimum absolute atomic E-state index is 0.0136. The summed E-state index contributed by atoms with van der Waals surface area (Å²) in [6.45, 7) is 2.50. The van der Waals surface area contributed by atoms with Crippen molar-refractivity contribution in [2.24, 2.45) is 5.41 Å². The lowest BCUT2D eigenvalue weighted by molar-refractivity contribution is -0.143. The van der Waals surface area contributed by atoms with Gasteiger partial charge < -0.3 is 19.6 Å². The molecule has 2 aliphatic rings. The summed E-state index contributed by atoms with van der Waals surface area (Å²) < 4.78 is 5.23. The number of β-amino-alcohol motifs (C(OH)–C–C–N with tert-alkyl or cyclic N) is 1. The molecule has 2 saturated heterocycles. The third kappa shape index (κ3) is 4.18. The molecule has 1 aromatic rings. The van der Waals surface area contributed by atoms with Crippen molar-refractivity contribution in [3.8, 4) is 5.75 Å². The smallest absolute Gasteiger partial charge is 0.227 e. The lowest BCUT2D eigenvalue weighted by atomic mass is 9.73. The molecule has 2 aliphatic heterocycles. The number of ether oxygens (including phenoxy) is 1. The number of carbonyl (C=O) groups is 2. The third-order valence-electron chi connectivity index (χ3n) is 5.62. The topological polar surface area (TPSA) is 70.1 Å². The summed E-state index contributed by atoms with van der Waals surface area (Å²) >= 11 is 0. The highest BCUT2D eigenvalue weighted by molar-refractivity contribution is 5.79. The molecule has 0 aliphatic carbocycles. The molecular weight excluding hydrogens is 332 g/mol. The third-order valence-corrected chi connectivity index (χ3v) is 5.62. The van der Waals surface area contributed by atoms with Crippen LogP contribution in [0, 0.1) is 5.41 Å². The zero-order chi connectivity index (χ0) is 18.6. The maximum atomic E-state index is 12.8. The summed E-state index contributed by atoms with van der Waals surface area (Å²) in [6.07, 6.45) is 3.71. The molecule has 0 aromatic heterocycles. The Morgan fingerprint density at radius 1 is 1.31 bits per heavy atom. The standard InChI is InChI=1S/C20H28N2O4/c1-26-17-5-2-4-16(12-17)13-19(25)21-9-3-7-20(14-21)8-6-18(24)22(15-20)10-11-23/h2,4-5,12,23H,3,6-11,13-15H2,1H3. The molecule has 1 aromatic carbocycles. The van der Waals surface area contributed by atoms with E-state index in [1.54, 1.807) is 12.0 Å². The molecule has 26 heavy (non-hydrogen) atoms. The van der Waals surface area contributed by atoms with Gasteiger partial charge in [-0.3, -0.25) is 9.59 Å². The van der Waals surface area contributed by atoms with Crippen LogP contribution in [0.15, 0.2) is 24.3 Å². The normalized spacial score (nSPS) is 23.4. The number of piperidine rings is 2. The van der Waals surface area contributed by atoms with E-state index in [-0.39, 0.29) is 23.8 Å². The minimum atomic E-state index is -0.0225. The highest BCUT2D eigenvalue weighted by Crippen LogP contribution is 2.39. The van der Waals surface area contributed by atoms with Crippen LogP contribution in [0.5, 0.6) is 5.75 Å². The predicted octanol–water partition coefficient (Wildman–Crippen LogP) is 1.46. The molecule has 1 unspecified atom stereocenters. The van der Waals surface area contributed by atoms with Crippen LogP contribution in [0.2, 0.25) is 0 Å². The Morgan fingerprint density at radius 2 is 2.15 bits per heavy atom. The summed E-state index contributed by atoms with van der Waals surface area (Å²) in [5, 5.41) is 9.20. The molecule has 2 amide bonds. The quantitative estimate of drug-likeness (QED) is 0.863. The van der Waals surface area contributed by atoms with Gasteiger partial charge in [0.1, 0.15) is 5.75 Å². The summed E-state index contributed by atoms with van der Waals surface area (Å²) in [6, 6.07) is 7.62. The number of aliphatic hydroxyl groups excluding tert-OH is 1. The second-order valence-corrected chi connectivity index (χ2v) is 7.49. The Kier molecular flexibility index (Phi) is 5.81. The largest absolute Gasteiger partial charge is 0.497 e. The van der Waals surface area contributed by atoms with E-state index in [0.29, 0.717) is 32.5 Å². The van der Waals surface area contributed by atoms with Crippen LogP contribution < -0.4 is 4.74 Å². The fourth-order valence-electron chi connectivity index (χ4n) is 4.25. The fourth-order valence-corrected chi connectivity index (χ4v) is 4.25. The predicted molar refractivity (Wildman–Crippen MR) is 97.8 cm³/mol. The lowest BCUT2D eigenvalue weighted by Crippen LogP contribution is -2.55. The number of rotatable bonds is 5. The van der Waals surface area contributed by atoms with E-state index in [4.69, 9.17) is 4.74 Å². The van der Waals surface area contributed by atoms with Gasteiger partial charge in [-0.25, -0.2) is 0 Å². The van der Waals surface area contributed by atoms with Gasteiger partial charge in [0.2, 0.25) is 11.8 Å². The van der Waals surface area contributed by atoms with E-state index in [1.807, 2.05) is 29.2 Å². The first kappa shape index (κ1) is 18.7. The molecule has 0 saturated carbocycles. The highest BCUT2D eigenvalue weighted by Gasteiger charge is 2.42. The molecule has 2 heterocycles. The van der Waals surface area contributed by atoms with Gasteiger partial charge in [0.15, 0.2) is 0 Å². The molecule has 1 atom stereocenters. The molecule has 142 valence electrons. The number of benzene rings is 1. The molecule has 1 spiro atoms. The van der Waals surface area contributed by atoms with Crippen molar-refractivity contribution in [3.05, 3.63) is 29.8 Å². The van der Waals surface area contributed by atoms with Gasteiger partial charge in [-0.05, 0) is 37.0 Å². The molecule has 0 radical (unpaired) electrons. The van der Waals surface area contributed by atoms with Crippen molar-refractivity contribution in [2.75, 3.05) is 39.9 Å². The van der Waals surface area contributed by atoms with Gasteiger partial charge in [-0.15, -0.1) is 0 Å². The maximum absolute atomic E-state index is 12.8. The molecule has 6 heteroatoms. The van der Waals surface area contributed by atoms with E-state index in [0.717, 1.165) is 37.1 Å². The Hall–Kier alpha value is -2.08. The van der Waals surface area contributed by atoms with Gasteiger partial charge in [-0.2, -0.15) is 0 Å². The van der Waals surface area contributed by atoms with Crippen LogP contribution >= 0.6 is 0 Å². The second-order valence-electron chi connectivity index (χ2n) is 7.49. The SMILES string of the molecule is COc1cccc(CC(=O)N2CCCC3(CCC(=O)N(CCO)C3)C2)c1. The van der Waals surface area contributed by atoms with Gasteiger partial charge >= 0.3 is 0 Å². The zero-order valence-electron chi connectivity index (χ0n) is 15.4. The van der Waals surface area contributed by atoms with Crippen LogP contribution in [-0.4, -0.2) is 66.6 Å². The summed E-state index contributed by atoms with van der Waals surface area (Å²) in [7, 11) is 1.62. The Bertz CT molecular complexity index is 663. The average Bonchev–Trinajstić information content (AvgIpc) is 2.65. The number of nitrogens with zero attached hydrogens (tertiary/aromatic N) is 2. The molecular formula is C20H28N2O4. The highest BCUT2D eigenvalue weighted by atomic mass is 16.5. The summed E-state index contributed by atoms with van der Waals surface area (Å²) in [5.74, 6) is 1.00. The Morgan fingerprint density at radius 3 is 2.92 bits per heavy atom. The van der Waals surface area contributed by atoms with Crippen molar-refractivity contribution in [1.82, 2.24) is 9.80 Å². The van der Waals surface area contributed by atoms with E-state index in [9.17, 15) is 14.7 Å². The number of methoxy groups -OCH3 is 1. The Labute approximate surface area is 154 Å². The van der Waals surface area contributed by atoms with Crippen molar-refractivity contribution >= 4 is 11.8 Å². The number of hydrogen-bond donors (Lipinski definition) is 1. The monoisotopic (exact) mass is 360 g/mol. The lowest BCUT2D eigenvalue weighted by Gasteiger charge is -2.48. The van der Waals surface area contributed by atoms with Crippen molar-refractivity contribution in [1.29, 1.82) is 0 Å². The van der Waals surface area contributed by atoms with Crippen LogP contribution in [0.1, 0.15) is 31.2 Å². The number of amides is 2. The van der Waals surface area contributed by atoms with Crippen LogP contribution in [-0.2, 0) is 16.0 Å². The molecule has 0 bridgehead atoms. The van der Waals surface area contributed by atoms with Gasteiger partial charge in [-0.1, -0.05) is 12.1 Å². The van der Waals surface area contributed by atoms with Crippen LogP contribution in [0.3, 0.4) is 0 Å².